The third-order valence-electron chi connectivity index (χ3n) is 3.57. The summed E-state index contributed by atoms with van der Waals surface area (Å²) in [5, 5.41) is 16.3. The van der Waals surface area contributed by atoms with Crippen LogP contribution in [0.1, 0.15) is 37.1 Å². The molecule has 0 bridgehead atoms. The first-order valence-corrected chi connectivity index (χ1v) is 7.22. The summed E-state index contributed by atoms with van der Waals surface area (Å²) >= 11 is 5.71. The Hall–Kier alpha value is -1.07. The molecule has 5 nitrogen and oxygen atoms in total. The summed E-state index contributed by atoms with van der Waals surface area (Å²) in [6.07, 6.45) is 4.70. The van der Waals surface area contributed by atoms with E-state index >= 15 is 0 Å². The molecule has 0 aromatic carbocycles. The van der Waals surface area contributed by atoms with E-state index in [1.807, 2.05) is 11.6 Å². The molecule has 0 radical (unpaired) electrons. The van der Waals surface area contributed by atoms with E-state index in [1.165, 1.54) is 0 Å². The topological polar surface area (TPSA) is 67.2 Å². The predicted molar refractivity (Wildman–Crippen MR) is 73.0 cm³/mol. The molecular weight excluding hydrogens is 266 g/mol. The largest absolute Gasteiger partial charge is 0.394 e. The number of hydrogen-bond acceptors (Lipinski definition) is 3. The number of carbonyl (C=O) groups excluding carboxylic acids is 1. The lowest BCUT2D eigenvalue weighted by molar-refractivity contribution is -0.124. The normalized spacial score (nSPS) is 19.8. The first kappa shape index (κ1) is 14.3. The van der Waals surface area contributed by atoms with Gasteiger partial charge < -0.3 is 10.4 Å². The number of rotatable bonds is 5. The molecule has 1 aromatic heterocycles. The molecule has 0 saturated heterocycles. The Labute approximate surface area is 117 Å². The van der Waals surface area contributed by atoms with E-state index in [0.717, 1.165) is 30.5 Å². The van der Waals surface area contributed by atoms with Crippen molar-refractivity contribution in [1.29, 1.82) is 0 Å². The van der Waals surface area contributed by atoms with Gasteiger partial charge in [-0.3, -0.25) is 9.48 Å². The fraction of sp³-hybridized carbons (Fsp3) is 0.692. The number of aliphatic hydroxyl groups excluding tert-OH is 1. The van der Waals surface area contributed by atoms with Gasteiger partial charge in [-0.2, -0.15) is 5.10 Å². The van der Waals surface area contributed by atoms with Crippen LogP contribution in [0.15, 0.2) is 6.20 Å². The molecule has 2 atom stereocenters. The van der Waals surface area contributed by atoms with E-state index < -0.39 is 0 Å². The Bertz CT molecular complexity index is 447. The summed E-state index contributed by atoms with van der Waals surface area (Å²) in [5.74, 6) is 0.136. The third-order valence-corrected chi connectivity index (χ3v) is 4.03. The number of hydrogen-bond donors (Lipinski definition) is 2. The Kier molecular flexibility index (Phi) is 4.82. The van der Waals surface area contributed by atoms with Crippen molar-refractivity contribution in [3.63, 3.8) is 0 Å². The van der Waals surface area contributed by atoms with Crippen molar-refractivity contribution in [2.75, 3.05) is 12.5 Å². The van der Waals surface area contributed by atoms with Gasteiger partial charge in [0.05, 0.1) is 25.4 Å². The van der Waals surface area contributed by atoms with Crippen molar-refractivity contribution in [2.24, 2.45) is 5.92 Å². The summed E-state index contributed by atoms with van der Waals surface area (Å²) in [5.41, 5.74) is 2.21. The highest BCUT2D eigenvalue weighted by Crippen LogP contribution is 2.29. The average Bonchev–Trinajstić information content (AvgIpc) is 2.83. The summed E-state index contributed by atoms with van der Waals surface area (Å²) in [4.78, 5) is 11.9. The van der Waals surface area contributed by atoms with Crippen molar-refractivity contribution in [3.8, 4) is 0 Å². The van der Waals surface area contributed by atoms with Gasteiger partial charge in [0.1, 0.15) is 0 Å². The molecule has 0 fully saturated rings. The van der Waals surface area contributed by atoms with E-state index in [9.17, 15) is 4.79 Å². The second-order valence-electron chi connectivity index (χ2n) is 5.00. The Morgan fingerprint density at radius 1 is 1.74 bits per heavy atom. The van der Waals surface area contributed by atoms with Gasteiger partial charge >= 0.3 is 0 Å². The van der Waals surface area contributed by atoms with Gasteiger partial charge in [0.2, 0.25) is 5.91 Å². The SMILES string of the molecule is CC(CCl)C(=O)NC1CCCc2c1cnn2CCO. The van der Waals surface area contributed by atoms with Crippen LogP contribution in [0.3, 0.4) is 0 Å². The molecule has 0 aliphatic heterocycles. The van der Waals surface area contributed by atoms with Crippen LogP contribution in [0.2, 0.25) is 0 Å². The minimum Gasteiger partial charge on any atom is -0.394 e. The number of aromatic nitrogens is 2. The van der Waals surface area contributed by atoms with Crippen LogP contribution in [0, 0.1) is 5.92 Å². The van der Waals surface area contributed by atoms with Crippen molar-refractivity contribution in [3.05, 3.63) is 17.5 Å². The van der Waals surface area contributed by atoms with Crippen LogP contribution in [0.5, 0.6) is 0 Å². The molecule has 1 aliphatic carbocycles. The van der Waals surface area contributed by atoms with Gasteiger partial charge in [-0.15, -0.1) is 11.6 Å². The zero-order chi connectivity index (χ0) is 13.8. The summed E-state index contributed by atoms with van der Waals surface area (Å²) in [7, 11) is 0. The maximum Gasteiger partial charge on any atom is 0.224 e. The maximum atomic E-state index is 11.9. The first-order valence-electron chi connectivity index (χ1n) is 6.69. The monoisotopic (exact) mass is 285 g/mol. The van der Waals surface area contributed by atoms with Crippen LogP contribution in [-0.2, 0) is 17.8 Å². The zero-order valence-corrected chi connectivity index (χ0v) is 11.9. The molecule has 1 amide bonds. The Balaban J connectivity index is 2.12. The lowest BCUT2D eigenvalue weighted by atomic mass is 9.92. The Morgan fingerprint density at radius 2 is 2.53 bits per heavy atom. The van der Waals surface area contributed by atoms with Crippen molar-refractivity contribution < 1.29 is 9.90 Å². The molecule has 106 valence electrons. The number of halogens is 1. The molecular formula is C13H20ClN3O2. The highest BCUT2D eigenvalue weighted by atomic mass is 35.5. The van der Waals surface area contributed by atoms with Crippen LogP contribution >= 0.6 is 11.6 Å². The molecule has 6 heteroatoms. The van der Waals surface area contributed by atoms with E-state index in [2.05, 4.69) is 10.4 Å². The van der Waals surface area contributed by atoms with E-state index in [0.29, 0.717) is 12.4 Å². The van der Waals surface area contributed by atoms with Gasteiger partial charge in [0, 0.05) is 23.1 Å². The third kappa shape index (κ3) is 3.09. The van der Waals surface area contributed by atoms with Gasteiger partial charge in [0.15, 0.2) is 0 Å². The molecule has 2 unspecified atom stereocenters. The van der Waals surface area contributed by atoms with Gasteiger partial charge in [-0.1, -0.05) is 6.92 Å². The molecule has 2 rings (SSSR count). The molecule has 0 spiro atoms. The number of amides is 1. The van der Waals surface area contributed by atoms with E-state index in [1.54, 1.807) is 6.20 Å². The van der Waals surface area contributed by atoms with Crippen molar-refractivity contribution in [2.45, 2.75) is 38.8 Å². The fourth-order valence-electron chi connectivity index (χ4n) is 2.44. The summed E-state index contributed by atoms with van der Waals surface area (Å²) in [6.45, 7) is 2.41. The predicted octanol–water partition coefficient (Wildman–Crippen LogP) is 1.24. The van der Waals surface area contributed by atoms with Crippen LogP contribution in [-0.4, -0.2) is 33.3 Å². The quantitative estimate of drug-likeness (QED) is 0.800. The first-order chi connectivity index (χ1) is 9.17. The molecule has 1 aliphatic rings. The smallest absolute Gasteiger partial charge is 0.224 e. The van der Waals surface area contributed by atoms with Crippen molar-refractivity contribution >= 4 is 17.5 Å². The number of nitrogens with one attached hydrogen (secondary N) is 1. The van der Waals surface area contributed by atoms with Crippen molar-refractivity contribution in [1.82, 2.24) is 15.1 Å². The molecule has 0 saturated carbocycles. The standard InChI is InChI=1S/C13H20ClN3O2/c1-9(7-14)13(19)16-11-3-2-4-12-10(11)8-15-17(12)5-6-18/h8-9,11,18H,2-7H2,1H3,(H,16,19). The molecule has 1 heterocycles. The number of fused-ring (bicyclic) bond motifs is 1. The second-order valence-corrected chi connectivity index (χ2v) is 5.31. The number of nitrogens with zero attached hydrogens (tertiary/aromatic N) is 2. The number of alkyl halides is 1. The lowest BCUT2D eigenvalue weighted by Crippen LogP contribution is -2.35. The van der Waals surface area contributed by atoms with Gasteiger partial charge in [-0.05, 0) is 19.3 Å². The minimum atomic E-state index is -0.181. The lowest BCUT2D eigenvalue weighted by Gasteiger charge is -2.25. The fourth-order valence-corrected chi connectivity index (χ4v) is 2.58. The van der Waals surface area contributed by atoms with Crippen LogP contribution < -0.4 is 5.32 Å². The molecule has 1 aromatic rings. The van der Waals surface area contributed by atoms with E-state index in [-0.39, 0.29) is 24.5 Å². The van der Waals surface area contributed by atoms with Crippen LogP contribution in [0.25, 0.3) is 0 Å². The molecule has 2 N–H and O–H groups in total. The Morgan fingerprint density at radius 3 is 3.21 bits per heavy atom. The molecule has 19 heavy (non-hydrogen) atoms. The highest BCUT2D eigenvalue weighted by Gasteiger charge is 2.26. The number of carbonyl (C=O) groups is 1. The zero-order valence-electron chi connectivity index (χ0n) is 11.1. The second kappa shape index (κ2) is 6.39. The average molecular weight is 286 g/mol. The maximum absolute atomic E-state index is 11.9. The van der Waals surface area contributed by atoms with Gasteiger partial charge in [-0.25, -0.2) is 0 Å². The van der Waals surface area contributed by atoms with Gasteiger partial charge in [0.25, 0.3) is 0 Å². The minimum absolute atomic E-state index is 0.0113. The van der Waals surface area contributed by atoms with E-state index in [4.69, 9.17) is 16.7 Å². The highest BCUT2D eigenvalue weighted by molar-refractivity contribution is 6.19. The summed E-state index contributed by atoms with van der Waals surface area (Å²) < 4.78 is 1.83. The van der Waals surface area contributed by atoms with Crippen LogP contribution in [0.4, 0.5) is 0 Å². The number of aliphatic hydroxyl groups is 1. The summed E-state index contributed by atoms with van der Waals surface area (Å²) in [6, 6.07) is 0.0226.